The molecule has 0 spiro atoms. The molecular weight excluding hydrogens is 475 g/mol. The summed E-state index contributed by atoms with van der Waals surface area (Å²) in [6, 6.07) is 3.79. The maximum atomic E-state index is 15.3. The number of amides is 2. The molecule has 0 unspecified atom stereocenters. The molecule has 0 radical (unpaired) electrons. The van der Waals surface area contributed by atoms with E-state index >= 15 is 4.39 Å². The van der Waals surface area contributed by atoms with Gasteiger partial charge in [0.05, 0.1) is 22.0 Å². The predicted octanol–water partition coefficient (Wildman–Crippen LogP) is 4.68. The number of likely N-dealkylation sites (tertiary alicyclic amines) is 1. The third-order valence-corrected chi connectivity index (χ3v) is 7.77. The van der Waals surface area contributed by atoms with Gasteiger partial charge in [-0.3, -0.25) is 14.5 Å². The number of nitrogens with two attached hydrogens (primary N) is 1. The largest absolute Gasteiger partial charge is 0.395 e. The first-order valence-electron chi connectivity index (χ1n) is 11.5. The molecule has 0 atom stereocenters. The minimum Gasteiger partial charge on any atom is -0.395 e. The molecule has 2 aromatic rings. The number of hydrogen-bond acceptors (Lipinski definition) is 5. The lowest BCUT2D eigenvalue weighted by molar-refractivity contribution is -0.500. The summed E-state index contributed by atoms with van der Waals surface area (Å²) in [4.78, 5) is 26.1. The summed E-state index contributed by atoms with van der Waals surface area (Å²) in [5, 5.41) is 3.86. The molecule has 2 aliphatic heterocycles. The highest BCUT2D eigenvalue weighted by atomic mass is 35.5. The van der Waals surface area contributed by atoms with Crippen LogP contribution in [0.3, 0.4) is 0 Å². The van der Waals surface area contributed by atoms with E-state index in [2.05, 4.69) is 16.8 Å². The lowest BCUT2D eigenvalue weighted by atomic mass is 9.96. The van der Waals surface area contributed by atoms with Crippen molar-refractivity contribution in [2.75, 3.05) is 31.2 Å². The quantitative estimate of drug-likeness (QED) is 0.424. The van der Waals surface area contributed by atoms with Gasteiger partial charge >= 0.3 is 0 Å². The van der Waals surface area contributed by atoms with Crippen LogP contribution in [0, 0.1) is 5.82 Å². The second-order valence-electron chi connectivity index (χ2n) is 8.52. The van der Waals surface area contributed by atoms with Crippen molar-refractivity contribution in [1.29, 1.82) is 0 Å². The topological polar surface area (TPSA) is 78.4 Å². The zero-order chi connectivity index (χ0) is 24.4. The summed E-state index contributed by atoms with van der Waals surface area (Å²) in [6.07, 6.45) is 7.36. The van der Waals surface area contributed by atoms with Gasteiger partial charge in [0.2, 0.25) is 11.8 Å². The monoisotopic (exact) mass is 503 g/mol. The standard InChI is InChI=1S/C25H28ClFN4O2S/c1-3-15-12-16(26)13-18(24(15)29-2)17(8-11-30-9-4-5-10-30)25-23(28)22(27)19(34-25)14-31-20(32)6-7-21(31)33/h8,11-13H,3-7,9-10,14H2,1-2H3,(H2,28,29)/p+1. The summed E-state index contributed by atoms with van der Waals surface area (Å²) in [7, 11) is 1.85. The van der Waals surface area contributed by atoms with Gasteiger partial charge in [-0.05, 0) is 24.1 Å². The molecule has 1 aromatic heterocycles. The Morgan fingerprint density at radius 1 is 1.26 bits per heavy atom. The van der Waals surface area contributed by atoms with Gasteiger partial charge in [-0.1, -0.05) is 18.5 Å². The number of allylic oxidation sites excluding steroid dienone is 1. The molecule has 3 N–H and O–H groups in total. The molecular formula is C25H29ClFN4O2S+. The van der Waals surface area contributed by atoms with E-state index < -0.39 is 5.82 Å². The highest BCUT2D eigenvalue weighted by molar-refractivity contribution is 7.13. The van der Waals surface area contributed by atoms with E-state index in [1.54, 1.807) is 0 Å². The first kappa shape index (κ1) is 24.4. The van der Waals surface area contributed by atoms with E-state index in [1.807, 2.05) is 31.5 Å². The molecule has 1 aromatic carbocycles. The number of nitrogens with one attached hydrogen (secondary N) is 1. The maximum absolute atomic E-state index is 15.3. The lowest BCUT2D eigenvalue weighted by Gasteiger charge is -2.17. The Kier molecular flexibility index (Phi) is 7.38. The SMILES string of the molecule is CCc1cc(Cl)cc(/C(=C/C=[N+]2CCCC2)c2sc(CN3C(=O)CCC3=O)c(F)c2N)c1NC. The minimum atomic E-state index is -0.580. The van der Waals surface area contributed by atoms with Crippen LogP contribution in [0.25, 0.3) is 5.57 Å². The second kappa shape index (κ2) is 10.3. The van der Waals surface area contributed by atoms with Crippen molar-refractivity contribution in [2.24, 2.45) is 0 Å². The van der Waals surface area contributed by atoms with Crippen LogP contribution < -0.4 is 11.1 Å². The third-order valence-electron chi connectivity index (χ3n) is 6.35. The number of rotatable bonds is 7. The fraction of sp³-hybridized carbons (Fsp3) is 0.400. The molecule has 0 bridgehead atoms. The van der Waals surface area contributed by atoms with Gasteiger partial charge in [0.15, 0.2) is 12.0 Å². The number of nitrogen functional groups attached to an aromatic ring is 1. The number of nitrogens with zero attached hydrogens (tertiary/aromatic N) is 2. The number of hydrogen-bond donors (Lipinski definition) is 2. The molecule has 2 amide bonds. The predicted molar refractivity (Wildman–Crippen MR) is 136 cm³/mol. The van der Waals surface area contributed by atoms with Crippen LogP contribution in [0.4, 0.5) is 15.8 Å². The average Bonchev–Trinajstić information content (AvgIpc) is 3.52. The number of halogens is 2. The molecule has 2 fully saturated rings. The third kappa shape index (κ3) is 4.74. The van der Waals surface area contributed by atoms with Crippen LogP contribution >= 0.6 is 22.9 Å². The van der Waals surface area contributed by atoms with E-state index in [1.165, 1.54) is 11.3 Å². The molecule has 4 rings (SSSR count). The fourth-order valence-electron chi connectivity index (χ4n) is 4.53. The highest BCUT2D eigenvalue weighted by Crippen LogP contribution is 2.42. The molecule has 0 aliphatic carbocycles. The van der Waals surface area contributed by atoms with E-state index in [4.69, 9.17) is 17.3 Å². The van der Waals surface area contributed by atoms with E-state index in [-0.39, 0.29) is 41.8 Å². The van der Waals surface area contributed by atoms with Gasteiger partial charge in [0.25, 0.3) is 0 Å². The van der Waals surface area contributed by atoms with E-state index in [0.717, 1.165) is 59.6 Å². The minimum absolute atomic E-state index is 0.0141. The summed E-state index contributed by atoms with van der Waals surface area (Å²) in [5.41, 5.74) is 9.84. The lowest BCUT2D eigenvalue weighted by Crippen LogP contribution is -2.28. The van der Waals surface area contributed by atoms with Gasteiger partial charge < -0.3 is 11.1 Å². The zero-order valence-electron chi connectivity index (χ0n) is 19.4. The Morgan fingerprint density at radius 3 is 2.56 bits per heavy atom. The number of carbonyl (C=O) groups excluding carboxylic acids is 2. The van der Waals surface area contributed by atoms with Crippen LogP contribution in [0.2, 0.25) is 5.02 Å². The van der Waals surface area contributed by atoms with Crippen molar-refractivity contribution >= 4 is 57.9 Å². The van der Waals surface area contributed by atoms with Gasteiger partial charge in [-0.15, -0.1) is 11.3 Å². The van der Waals surface area contributed by atoms with Crippen LogP contribution in [0.5, 0.6) is 0 Å². The van der Waals surface area contributed by atoms with Crippen LogP contribution in [-0.4, -0.2) is 47.6 Å². The number of anilines is 2. The molecule has 9 heteroatoms. The Balaban J connectivity index is 1.85. The molecule has 6 nitrogen and oxygen atoms in total. The number of carbonyl (C=O) groups is 2. The Labute approximate surface area is 207 Å². The van der Waals surface area contributed by atoms with Crippen LogP contribution in [-0.2, 0) is 22.6 Å². The number of thiophene rings is 1. The average molecular weight is 504 g/mol. The van der Waals surface area contributed by atoms with Crippen molar-refractivity contribution in [3.05, 3.63) is 49.9 Å². The zero-order valence-corrected chi connectivity index (χ0v) is 21.0. The van der Waals surface area contributed by atoms with Gasteiger partial charge in [0.1, 0.15) is 13.1 Å². The summed E-state index contributed by atoms with van der Waals surface area (Å²) < 4.78 is 17.5. The normalized spacial score (nSPS) is 16.6. The molecule has 34 heavy (non-hydrogen) atoms. The Bertz CT molecular complexity index is 1180. The number of imide groups is 1. The summed E-state index contributed by atoms with van der Waals surface area (Å²) in [6.45, 7) is 3.89. The fourth-order valence-corrected chi connectivity index (χ4v) is 5.89. The van der Waals surface area contributed by atoms with Crippen molar-refractivity contribution < 1.29 is 18.6 Å². The summed E-state index contributed by atoms with van der Waals surface area (Å²) >= 11 is 7.66. The van der Waals surface area contributed by atoms with Gasteiger partial charge in [-0.2, -0.15) is 0 Å². The van der Waals surface area contributed by atoms with E-state index in [9.17, 15) is 9.59 Å². The summed E-state index contributed by atoms with van der Waals surface area (Å²) in [5.74, 6) is -1.14. The Hall–Kier alpha value is -2.71. The molecule has 2 saturated heterocycles. The molecule has 3 heterocycles. The van der Waals surface area contributed by atoms with Gasteiger partial charge in [0, 0.05) is 60.7 Å². The molecule has 2 aliphatic rings. The maximum Gasteiger partial charge on any atom is 0.230 e. The Morgan fingerprint density at radius 2 is 1.94 bits per heavy atom. The first-order chi connectivity index (χ1) is 16.3. The van der Waals surface area contributed by atoms with Crippen molar-refractivity contribution in [3.8, 4) is 0 Å². The van der Waals surface area contributed by atoms with Crippen molar-refractivity contribution in [2.45, 2.75) is 45.6 Å². The van der Waals surface area contributed by atoms with Crippen LogP contribution in [0.1, 0.15) is 53.5 Å². The smallest absolute Gasteiger partial charge is 0.230 e. The number of benzene rings is 1. The highest BCUT2D eigenvalue weighted by Gasteiger charge is 2.31. The van der Waals surface area contributed by atoms with Gasteiger partial charge in [-0.25, -0.2) is 8.97 Å². The second-order valence-corrected chi connectivity index (χ2v) is 10.1. The first-order valence-corrected chi connectivity index (χ1v) is 12.7. The van der Waals surface area contributed by atoms with E-state index in [0.29, 0.717) is 9.90 Å². The van der Waals surface area contributed by atoms with Crippen molar-refractivity contribution in [1.82, 2.24) is 4.90 Å². The molecule has 0 saturated carbocycles. The van der Waals surface area contributed by atoms with Crippen LogP contribution in [0.15, 0.2) is 18.2 Å². The number of aryl methyl sites for hydroxylation is 1. The molecule has 180 valence electrons. The van der Waals surface area contributed by atoms with Crippen molar-refractivity contribution in [3.63, 3.8) is 0 Å².